The summed E-state index contributed by atoms with van der Waals surface area (Å²) in [4.78, 5) is 36.9. The van der Waals surface area contributed by atoms with Crippen molar-refractivity contribution in [2.45, 2.75) is 18.9 Å². The van der Waals surface area contributed by atoms with Gasteiger partial charge in [-0.15, -0.1) is 0 Å². The number of hydrogen-bond donors (Lipinski definition) is 3. The van der Waals surface area contributed by atoms with Crippen LogP contribution in [-0.2, 0) is 0 Å². The van der Waals surface area contributed by atoms with Crippen LogP contribution in [0.1, 0.15) is 33.6 Å². The van der Waals surface area contributed by atoms with Gasteiger partial charge in [-0.3, -0.25) is 9.59 Å². The van der Waals surface area contributed by atoms with Gasteiger partial charge in [0.1, 0.15) is 5.56 Å². The summed E-state index contributed by atoms with van der Waals surface area (Å²) >= 11 is 0. The molecule has 0 unspecified atom stereocenters. The van der Waals surface area contributed by atoms with Gasteiger partial charge in [0.05, 0.1) is 0 Å². The first-order valence-corrected chi connectivity index (χ1v) is 6.92. The Bertz CT molecular complexity index is 806. The van der Waals surface area contributed by atoms with Crippen LogP contribution in [0, 0.1) is 0 Å². The molecule has 112 valence electrons. The van der Waals surface area contributed by atoms with E-state index in [1.807, 2.05) is 0 Å². The van der Waals surface area contributed by atoms with Gasteiger partial charge < -0.3 is 15.4 Å². The Labute approximate surface area is 125 Å². The van der Waals surface area contributed by atoms with E-state index in [-0.39, 0.29) is 17.5 Å². The number of hydrogen-bond acceptors (Lipinski definition) is 3. The number of carboxylic acid groups (broad SMARTS) is 1. The number of rotatable bonds is 4. The van der Waals surface area contributed by atoms with E-state index in [4.69, 9.17) is 5.11 Å². The molecule has 0 bridgehead atoms. The van der Waals surface area contributed by atoms with Gasteiger partial charge in [0.15, 0.2) is 0 Å². The number of amides is 1. The fraction of sp³-hybridized carbons (Fsp3) is 0.188. The lowest BCUT2D eigenvalue weighted by Crippen LogP contribution is -2.25. The second kappa shape index (κ2) is 5.48. The first kappa shape index (κ1) is 14.1. The van der Waals surface area contributed by atoms with Crippen LogP contribution >= 0.6 is 0 Å². The molecule has 1 amide bonds. The van der Waals surface area contributed by atoms with Crippen molar-refractivity contribution in [1.82, 2.24) is 10.3 Å². The first-order chi connectivity index (χ1) is 10.5. The highest BCUT2D eigenvalue weighted by molar-refractivity contribution is 5.96. The summed E-state index contributed by atoms with van der Waals surface area (Å²) in [6, 6.07) is 8.43. The molecule has 0 atom stereocenters. The maximum atomic E-state index is 12.0. The summed E-state index contributed by atoms with van der Waals surface area (Å²) < 4.78 is 0. The van der Waals surface area contributed by atoms with Crippen LogP contribution in [0.4, 0.5) is 0 Å². The number of aromatic nitrogens is 1. The molecule has 1 aliphatic rings. The Hall–Kier alpha value is -2.89. The zero-order valence-electron chi connectivity index (χ0n) is 11.6. The van der Waals surface area contributed by atoms with E-state index in [1.165, 1.54) is 12.3 Å². The van der Waals surface area contributed by atoms with Crippen molar-refractivity contribution >= 4 is 11.9 Å². The minimum absolute atomic E-state index is 0.146. The summed E-state index contributed by atoms with van der Waals surface area (Å²) in [6.45, 7) is 0. The third-order valence-corrected chi connectivity index (χ3v) is 3.50. The standard InChI is InChI=1S/C16H14N2O4/c19-14(18-12-4-5-12)10-3-1-2-9(6-10)11-7-13(16(21)22)15(20)17-8-11/h1-3,6-8,12H,4-5H2,(H,17,20)(H,18,19)(H,21,22). The molecule has 1 fully saturated rings. The van der Waals surface area contributed by atoms with Gasteiger partial charge in [0.2, 0.25) is 0 Å². The second-order valence-corrected chi connectivity index (χ2v) is 5.26. The topological polar surface area (TPSA) is 99.3 Å². The van der Waals surface area contributed by atoms with Crippen molar-refractivity contribution in [2.24, 2.45) is 0 Å². The predicted molar refractivity (Wildman–Crippen MR) is 79.9 cm³/mol. The number of aromatic carboxylic acids is 1. The quantitative estimate of drug-likeness (QED) is 0.798. The molecule has 6 heteroatoms. The molecule has 2 aromatic rings. The molecule has 0 spiro atoms. The van der Waals surface area contributed by atoms with E-state index in [0.717, 1.165) is 12.8 Å². The SMILES string of the molecule is O=C(NC1CC1)c1cccc(-c2c[nH]c(=O)c(C(=O)O)c2)c1. The minimum atomic E-state index is -1.29. The monoisotopic (exact) mass is 298 g/mol. The zero-order valence-corrected chi connectivity index (χ0v) is 11.6. The van der Waals surface area contributed by atoms with Crippen molar-refractivity contribution in [2.75, 3.05) is 0 Å². The average molecular weight is 298 g/mol. The molecular formula is C16H14N2O4. The third-order valence-electron chi connectivity index (χ3n) is 3.50. The lowest BCUT2D eigenvalue weighted by atomic mass is 10.0. The number of H-pyrrole nitrogens is 1. The normalized spacial score (nSPS) is 13.6. The molecule has 0 saturated heterocycles. The van der Waals surface area contributed by atoms with Gasteiger partial charge in [0.25, 0.3) is 11.5 Å². The molecule has 1 aliphatic carbocycles. The fourth-order valence-corrected chi connectivity index (χ4v) is 2.15. The molecular weight excluding hydrogens is 284 g/mol. The Balaban J connectivity index is 1.94. The Kier molecular flexibility index (Phi) is 3.50. The van der Waals surface area contributed by atoms with E-state index in [1.54, 1.807) is 24.3 Å². The van der Waals surface area contributed by atoms with Crippen molar-refractivity contribution < 1.29 is 14.7 Å². The number of nitrogens with one attached hydrogen (secondary N) is 2. The summed E-state index contributed by atoms with van der Waals surface area (Å²) in [5.41, 5.74) is 0.733. The van der Waals surface area contributed by atoms with Crippen molar-refractivity contribution in [3.05, 3.63) is 58.0 Å². The molecule has 0 aliphatic heterocycles. The number of carbonyl (C=O) groups is 2. The molecule has 3 N–H and O–H groups in total. The van der Waals surface area contributed by atoms with Crippen molar-refractivity contribution in [3.8, 4) is 11.1 Å². The largest absolute Gasteiger partial charge is 0.477 e. The third kappa shape index (κ3) is 2.90. The predicted octanol–water partition coefficient (Wildman–Crippen LogP) is 1.63. The Morgan fingerprint density at radius 1 is 1.18 bits per heavy atom. The van der Waals surface area contributed by atoms with Gasteiger partial charge in [-0.05, 0) is 42.2 Å². The maximum absolute atomic E-state index is 12.0. The summed E-state index contributed by atoms with van der Waals surface area (Å²) in [5, 5.41) is 11.9. The van der Waals surface area contributed by atoms with E-state index < -0.39 is 11.5 Å². The highest BCUT2D eigenvalue weighted by Crippen LogP contribution is 2.22. The van der Waals surface area contributed by atoms with Crippen LogP contribution in [-0.4, -0.2) is 28.0 Å². The summed E-state index contributed by atoms with van der Waals surface area (Å²) in [7, 11) is 0. The molecule has 1 heterocycles. The second-order valence-electron chi connectivity index (χ2n) is 5.26. The van der Waals surface area contributed by atoms with Crippen molar-refractivity contribution in [1.29, 1.82) is 0 Å². The van der Waals surface area contributed by atoms with Crippen LogP contribution in [0.5, 0.6) is 0 Å². The molecule has 22 heavy (non-hydrogen) atoms. The highest BCUT2D eigenvalue weighted by Gasteiger charge is 2.23. The fourth-order valence-electron chi connectivity index (χ4n) is 2.15. The number of carboxylic acids is 1. The van der Waals surface area contributed by atoms with E-state index >= 15 is 0 Å². The minimum Gasteiger partial charge on any atom is -0.477 e. The first-order valence-electron chi connectivity index (χ1n) is 6.92. The van der Waals surface area contributed by atoms with Crippen LogP contribution in [0.25, 0.3) is 11.1 Å². The zero-order chi connectivity index (χ0) is 15.7. The molecule has 1 aromatic heterocycles. The average Bonchev–Trinajstić information content (AvgIpc) is 3.31. The van der Waals surface area contributed by atoms with Crippen LogP contribution in [0.3, 0.4) is 0 Å². The number of aromatic amines is 1. The molecule has 6 nitrogen and oxygen atoms in total. The van der Waals surface area contributed by atoms with E-state index in [2.05, 4.69) is 10.3 Å². The molecule has 3 rings (SSSR count). The van der Waals surface area contributed by atoms with Gasteiger partial charge in [-0.2, -0.15) is 0 Å². The summed E-state index contributed by atoms with van der Waals surface area (Å²) in [6.07, 6.45) is 3.45. The molecule has 1 aromatic carbocycles. The number of carbonyl (C=O) groups excluding carboxylic acids is 1. The van der Waals surface area contributed by atoms with Gasteiger partial charge in [0, 0.05) is 17.8 Å². The van der Waals surface area contributed by atoms with E-state index in [9.17, 15) is 14.4 Å². The lowest BCUT2D eigenvalue weighted by molar-refractivity contribution is 0.0694. The van der Waals surface area contributed by atoms with Gasteiger partial charge in [-0.25, -0.2) is 4.79 Å². The Morgan fingerprint density at radius 2 is 1.95 bits per heavy atom. The van der Waals surface area contributed by atoms with Crippen LogP contribution in [0.15, 0.2) is 41.3 Å². The number of benzene rings is 1. The summed E-state index contributed by atoms with van der Waals surface area (Å²) in [5.74, 6) is -1.43. The van der Waals surface area contributed by atoms with Crippen LogP contribution in [0.2, 0.25) is 0 Å². The Morgan fingerprint density at radius 3 is 2.64 bits per heavy atom. The van der Waals surface area contributed by atoms with Crippen LogP contribution < -0.4 is 10.9 Å². The smallest absolute Gasteiger partial charge is 0.341 e. The van der Waals surface area contributed by atoms with Crippen molar-refractivity contribution in [3.63, 3.8) is 0 Å². The van der Waals surface area contributed by atoms with E-state index in [0.29, 0.717) is 16.7 Å². The van der Waals surface area contributed by atoms with Gasteiger partial charge in [-0.1, -0.05) is 12.1 Å². The molecule has 1 saturated carbocycles. The number of pyridine rings is 1. The van der Waals surface area contributed by atoms with Gasteiger partial charge >= 0.3 is 5.97 Å². The lowest BCUT2D eigenvalue weighted by Gasteiger charge is -2.07. The highest BCUT2D eigenvalue weighted by atomic mass is 16.4. The maximum Gasteiger partial charge on any atom is 0.341 e. The molecule has 0 radical (unpaired) electrons.